The largest absolute Gasteiger partial charge is 0.325 e. The van der Waals surface area contributed by atoms with Gasteiger partial charge in [0.15, 0.2) is 0 Å². The lowest BCUT2D eigenvalue weighted by molar-refractivity contribution is 0.0371. The fourth-order valence-corrected chi connectivity index (χ4v) is 3.89. The summed E-state index contributed by atoms with van der Waals surface area (Å²) < 4.78 is 12.5. The number of halogens is 1. The van der Waals surface area contributed by atoms with Gasteiger partial charge in [0.25, 0.3) is 0 Å². The Kier molecular flexibility index (Phi) is 2.59. The molecule has 2 saturated carbocycles. The average Bonchev–Trinajstić information content (AvgIpc) is 2.00. The van der Waals surface area contributed by atoms with Gasteiger partial charge in [-0.3, -0.25) is 4.39 Å². The molecule has 2 rings (SSSR count). The molecule has 0 spiro atoms. The van der Waals surface area contributed by atoms with E-state index in [1.54, 1.807) is 0 Å². The van der Waals surface area contributed by atoms with Crippen molar-refractivity contribution < 1.29 is 4.39 Å². The zero-order valence-electron chi connectivity index (χ0n) is 9.19. The molecule has 3 atom stereocenters. The monoisotopic (exact) mass is 199 g/mol. The normalized spacial score (nSPS) is 47.8. The van der Waals surface area contributed by atoms with Crippen LogP contribution in [0, 0.1) is 11.3 Å². The molecule has 2 heteroatoms. The van der Waals surface area contributed by atoms with Crippen molar-refractivity contribution in [3.8, 4) is 0 Å². The molecule has 1 nitrogen and oxygen atoms in total. The van der Waals surface area contributed by atoms with Crippen LogP contribution in [-0.4, -0.2) is 12.2 Å². The molecule has 0 aromatic rings. The minimum Gasteiger partial charge on any atom is -0.325 e. The number of alkyl halides is 1. The van der Waals surface area contributed by atoms with Crippen LogP contribution in [0.1, 0.15) is 51.9 Å². The summed E-state index contributed by atoms with van der Waals surface area (Å²) >= 11 is 0. The highest BCUT2D eigenvalue weighted by Gasteiger charge is 2.45. The number of hydrogen-bond acceptors (Lipinski definition) is 1. The Hall–Kier alpha value is -0.110. The summed E-state index contributed by atoms with van der Waals surface area (Å²) in [6.07, 6.45) is 7.91. The molecule has 2 N–H and O–H groups in total. The Bertz CT molecular complexity index is 218. The van der Waals surface area contributed by atoms with E-state index in [1.807, 2.05) is 0 Å². The molecular weight excluding hydrogens is 177 g/mol. The van der Waals surface area contributed by atoms with Crippen molar-refractivity contribution >= 4 is 0 Å². The molecule has 0 amide bonds. The predicted molar refractivity (Wildman–Crippen MR) is 56.8 cm³/mol. The number of hydrogen-bond donors (Lipinski definition) is 1. The molecule has 0 aromatic carbocycles. The fraction of sp³-hybridized carbons (Fsp3) is 1.00. The first-order chi connectivity index (χ1) is 6.55. The molecule has 0 aliphatic heterocycles. The molecule has 14 heavy (non-hydrogen) atoms. The third kappa shape index (κ3) is 1.95. The van der Waals surface area contributed by atoms with Crippen molar-refractivity contribution in [2.24, 2.45) is 17.1 Å². The molecule has 2 bridgehead atoms. The molecule has 2 aliphatic carbocycles. The Balaban J connectivity index is 2.10. The lowest BCUT2D eigenvalue weighted by Crippen LogP contribution is -2.52. The second-order valence-corrected chi connectivity index (χ2v) is 5.96. The van der Waals surface area contributed by atoms with Crippen LogP contribution in [0.15, 0.2) is 0 Å². The summed E-state index contributed by atoms with van der Waals surface area (Å²) in [4.78, 5) is 0. The minimum atomic E-state index is -0.181. The molecule has 2 aliphatic rings. The maximum Gasteiger partial charge on any atom is 0.0899 e. The maximum atomic E-state index is 12.5. The molecular formula is C12H22FN. The minimum absolute atomic E-state index is 0.0467. The second kappa shape index (κ2) is 3.48. The van der Waals surface area contributed by atoms with E-state index in [9.17, 15) is 4.39 Å². The third-order valence-electron chi connectivity index (χ3n) is 4.24. The first-order valence-corrected chi connectivity index (χ1v) is 5.90. The molecule has 3 unspecified atom stereocenters. The van der Waals surface area contributed by atoms with E-state index >= 15 is 0 Å². The van der Waals surface area contributed by atoms with E-state index in [1.165, 1.54) is 25.7 Å². The summed E-state index contributed by atoms with van der Waals surface area (Å²) in [7, 11) is 0. The van der Waals surface area contributed by atoms with Gasteiger partial charge in [-0.05, 0) is 43.4 Å². The summed E-state index contributed by atoms with van der Waals surface area (Å²) in [6.45, 7) is 2.05. The van der Waals surface area contributed by atoms with Gasteiger partial charge < -0.3 is 5.73 Å². The van der Waals surface area contributed by atoms with Gasteiger partial charge in [0.2, 0.25) is 0 Å². The van der Waals surface area contributed by atoms with Crippen LogP contribution in [0.3, 0.4) is 0 Å². The van der Waals surface area contributed by atoms with E-state index in [0.717, 1.165) is 18.8 Å². The fourth-order valence-electron chi connectivity index (χ4n) is 3.89. The van der Waals surface area contributed by atoms with Crippen molar-refractivity contribution in [3.05, 3.63) is 0 Å². The van der Waals surface area contributed by atoms with E-state index in [-0.39, 0.29) is 17.6 Å². The van der Waals surface area contributed by atoms with Crippen LogP contribution in [-0.2, 0) is 0 Å². The van der Waals surface area contributed by atoms with Gasteiger partial charge in [0.1, 0.15) is 0 Å². The van der Waals surface area contributed by atoms with Gasteiger partial charge in [-0.15, -0.1) is 0 Å². The van der Waals surface area contributed by atoms with Gasteiger partial charge in [0, 0.05) is 5.54 Å². The Labute approximate surface area is 86.2 Å². The first kappa shape index (κ1) is 10.4. The lowest BCUT2D eigenvalue weighted by atomic mass is 9.57. The molecule has 82 valence electrons. The summed E-state index contributed by atoms with van der Waals surface area (Å²) in [5.74, 6) is 0.777. The van der Waals surface area contributed by atoms with E-state index < -0.39 is 0 Å². The topological polar surface area (TPSA) is 26.0 Å². The summed E-state index contributed by atoms with van der Waals surface area (Å²) in [6, 6.07) is 0. The molecule has 0 radical (unpaired) electrons. The van der Waals surface area contributed by atoms with Crippen LogP contribution in [0.4, 0.5) is 4.39 Å². The van der Waals surface area contributed by atoms with Crippen molar-refractivity contribution in [1.29, 1.82) is 0 Å². The molecule has 2 fully saturated rings. The van der Waals surface area contributed by atoms with Crippen LogP contribution in [0.2, 0.25) is 0 Å². The zero-order valence-corrected chi connectivity index (χ0v) is 9.19. The molecule has 0 aromatic heterocycles. The maximum absolute atomic E-state index is 12.5. The lowest BCUT2D eigenvalue weighted by Gasteiger charge is -2.51. The van der Waals surface area contributed by atoms with Crippen molar-refractivity contribution in [3.63, 3.8) is 0 Å². The van der Waals surface area contributed by atoms with Gasteiger partial charge >= 0.3 is 0 Å². The summed E-state index contributed by atoms with van der Waals surface area (Å²) in [5, 5.41) is 0. The molecule has 0 saturated heterocycles. The average molecular weight is 199 g/mol. The van der Waals surface area contributed by atoms with Crippen molar-refractivity contribution in [2.75, 3.05) is 6.67 Å². The molecule has 0 heterocycles. The van der Waals surface area contributed by atoms with E-state index in [0.29, 0.717) is 6.42 Å². The second-order valence-electron chi connectivity index (χ2n) is 5.96. The van der Waals surface area contributed by atoms with Crippen LogP contribution < -0.4 is 5.73 Å². The number of nitrogens with two attached hydrogens (primary N) is 1. The third-order valence-corrected chi connectivity index (χ3v) is 4.24. The van der Waals surface area contributed by atoms with Crippen molar-refractivity contribution in [1.82, 2.24) is 0 Å². The van der Waals surface area contributed by atoms with Crippen LogP contribution in [0.5, 0.6) is 0 Å². The number of fused-ring (bicyclic) bond motifs is 2. The van der Waals surface area contributed by atoms with Gasteiger partial charge in [-0.2, -0.15) is 0 Å². The summed E-state index contributed by atoms with van der Waals surface area (Å²) in [5.41, 5.74) is 6.62. The standard InChI is InChI=1S/C12H22FN/c1-11(5-6-13)7-10-3-2-4-12(14,8-10)9-11/h10H,2-9,14H2,1H3. The quantitative estimate of drug-likeness (QED) is 0.727. The van der Waals surface area contributed by atoms with Crippen LogP contribution >= 0.6 is 0 Å². The van der Waals surface area contributed by atoms with Crippen LogP contribution in [0.25, 0.3) is 0 Å². The smallest absolute Gasteiger partial charge is 0.0899 e. The van der Waals surface area contributed by atoms with Gasteiger partial charge in [-0.1, -0.05) is 19.8 Å². The Morgan fingerprint density at radius 2 is 2.21 bits per heavy atom. The first-order valence-electron chi connectivity index (χ1n) is 5.90. The predicted octanol–water partition coefficient (Wildman–Crippen LogP) is 3.03. The Morgan fingerprint density at radius 3 is 2.86 bits per heavy atom. The van der Waals surface area contributed by atoms with Gasteiger partial charge in [-0.25, -0.2) is 0 Å². The SMILES string of the molecule is CC1(CCF)CC2CCCC(N)(C2)C1. The van der Waals surface area contributed by atoms with E-state index in [4.69, 9.17) is 5.73 Å². The zero-order chi connectivity index (χ0) is 10.2. The van der Waals surface area contributed by atoms with Gasteiger partial charge in [0.05, 0.1) is 6.67 Å². The highest BCUT2D eigenvalue weighted by atomic mass is 19.1. The number of rotatable bonds is 2. The Morgan fingerprint density at radius 1 is 1.43 bits per heavy atom. The van der Waals surface area contributed by atoms with Crippen molar-refractivity contribution in [2.45, 2.75) is 57.4 Å². The van der Waals surface area contributed by atoms with E-state index in [2.05, 4.69) is 6.92 Å². The highest BCUT2D eigenvalue weighted by Crippen LogP contribution is 2.51. The highest BCUT2D eigenvalue weighted by molar-refractivity contribution is 5.01.